The predicted octanol–water partition coefficient (Wildman–Crippen LogP) is 3.05. The van der Waals surface area contributed by atoms with E-state index in [1.54, 1.807) is 0 Å². The van der Waals surface area contributed by atoms with E-state index in [2.05, 4.69) is 34.9 Å². The van der Waals surface area contributed by atoms with E-state index in [4.69, 9.17) is 10.1 Å². The summed E-state index contributed by atoms with van der Waals surface area (Å²) in [5.74, 6) is 0.947. The van der Waals surface area contributed by atoms with Crippen LogP contribution in [0.3, 0.4) is 0 Å². The number of nitrogens with zero attached hydrogens (tertiary/aromatic N) is 3. The van der Waals surface area contributed by atoms with Gasteiger partial charge in [0.25, 0.3) is 0 Å². The third-order valence-electron chi connectivity index (χ3n) is 6.00. The lowest BCUT2D eigenvalue weighted by atomic mass is 9.94. The van der Waals surface area contributed by atoms with Gasteiger partial charge in [-0.15, -0.1) is 0 Å². The van der Waals surface area contributed by atoms with E-state index >= 15 is 0 Å². The summed E-state index contributed by atoms with van der Waals surface area (Å²) < 4.78 is 0. The molecule has 2 aliphatic heterocycles. The highest BCUT2D eigenvalue weighted by atomic mass is 16.3. The number of hydrazine groups is 1. The molecular weight excluding hydrogens is 376 g/mol. The van der Waals surface area contributed by atoms with E-state index in [9.17, 15) is 5.11 Å². The van der Waals surface area contributed by atoms with Crippen molar-refractivity contribution >= 4 is 11.8 Å². The first-order valence-electron chi connectivity index (χ1n) is 10.3. The number of likely N-dealkylation sites (N-methyl/N-ethyl adjacent to an activating group) is 1. The fourth-order valence-corrected chi connectivity index (χ4v) is 4.22. The van der Waals surface area contributed by atoms with Crippen molar-refractivity contribution in [2.75, 3.05) is 13.1 Å². The Hall–Kier alpha value is -3.32. The molecule has 154 valence electrons. The average Bonchev–Trinajstić information content (AvgIpc) is 3.32. The number of rotatable bonds is 3. The summed E-state index contributed by atoms with van der Waals surface area (Å²) in [6, 6.07) is 8.04. The lowest BCUT2D eigenvalue weighted by molar-refractivity contribution is 0.142. The molecule has 0 radical (unpaired) electrons. The van der Waals surface area contributed by atoms with Gasteiger partial charge in [-0.05, 0) is 38.5 Å². The van der Waals surface area contributed by atoms with Gasteiger partial charge in [-0.25, -0.2) is 10.4 Å². The van der Waals surface area contributed by atoms with Crippen molar-refractivity contribution in [2.24, 2.45) is 5.10 Å². The van der Waals surface area contributed by atoms with Crippen LogP contribution in [0.2, 0.25) is 0 Å². The summed E-state index contributed by atoms with van der Waals surface area (Å²) in [7, 11) is 0. The van der Waals surface area contributed by atoms with E-state index in [0.29, 0.717) is 12.3 Å². The highest BCUT2D eigenvalue weighted by molar-refractivity contribution is 6.11. The zero-order valence-corrected chi connectivity index (χ0v) is 17.5. The third-order valence-corrected chi connectivity index (χ3v) is 6.00. The first-order valence-corrected chi connectivity index (χ1v) is 10.3. The number of hydrogen-bond acceptors (Lipinski definition) is 6. The molecule has 1 fully saturated rings. The zero-order chi connectivity index (χ0) is 20.9. The quantitative estimate of drug-likeness (QED) is 0.634. The van der Waals surface area contributed by atoms with Gasteiger partial charge in [-0.3, -0.25) is 5.01 Å². The van der Waals surface area contributed by atoms with Gasteiger partial charge in [0, 0.05) is 36.5 Å². The Kier molecular flexibility index (Phi) is 4.29. The smallest absolute Gasteiger partial charge is 0.142 e. The number of aryl methyl sites for hydroxylation is 1. The number of fused-ring (bicyclic) bond motifs is 2. The van der Waals surface area contributed by atoms with Gasteiger partial charge < -0.3 is 15.5 Å². The predicted molar refractivity (Wildman–Crippen MR) is 118 cm³/mol. The molecule has 30 heavy (non-hydrogen) atoms. The summed E-state index contributed by atoms with van der Waals surface area (Å²) in [5, 5.41) is 17.7. The second-order valence-electron chi connectivity index (χ2n) is 8.13. The summed E-state index contributed by atoms with van der Waals surface area (Å²) in [5.41, 5.74) is 12.7. The van der Waals surface area contributed by atoms with Crippen molar-refractivity contribution in [3.8, 4) is 0 Å². The number of benzene rings is 1. The Labute approximate surface area is 175 Å². The molecule has 0 spiro atoms. The second-order valence-corrected chi connectivity index (χ2v) is 8.13. The molecule has 1 saturated heterocycles. The van der Waals surface area contributed by atoms with Crippen LogP contribution in [0.4, 0.5) is 0 Å². The molecular formula is C23H26N6O. The number of aliphatic hydroxyl groups excluding tert-OH is 1. The first kappa shape index (κ1) is 18.7. The SMILES string of the molecule is CCN1N=C(c2ccc(C)cc2)C(O)=CC1(C)c1nc2c([nH]1)CC=C1NNCC1=C2. The minimum Gasteiger partial charge on any atom is -0.506 e. The van der Waals surface area contributed by atoms with Crippen LogP contribution in [0.1, 0.15) is 42.2 Å². The molecule has 1 atom stereocenters. The molecule has 0 amide bonds. The van der Waals surface area contributed by atoms with Gasteiger partial charge >= 0.3 is 0 Å². The van der Waals surface area contributed by atoms with Gasteiger partial charge in [0.05, 0.1) is 5.69 Å². The molecule has 1 aromatic heterocycles. The number of nitrogens with one attached hydrogen (secondary N) is 3. The van der Waals surface area contributed by atoms with Crippen molar-refractivity contribution in [3.63, 3.8) is 0 Å². The summed E-state index contributed by atoms with van der Waals surface area (Å²) in [6.45, 7) is 7.60. The normalized spacial score (nSPS) is 22.8. The number of allylic oxidation sites excluding steroid dienone is 2. The van der Waals surface area contributed by atoms with Crippen LogP contribution < -0.4 is 10.9 Å². The fourth-order valence-electron chi connectivity index (χ4n) is 4.22. The van der Waals surface area contributed by atoms with Crippen molar-refractivity contribution in [1.82, 2.24) is 25.8 Å². The zero-order valence-electron chi connectivity index (χ0n) is 17.5. The van der Waals surface area contributed by atoms with Crippen LogP contribution in [0, 0.1) is 6.92 Å². The maximum absolute atomic E-state index is 10.9. The van der Waals surface area contributed by atoms with E-state index in [1.807, 2.05) is 49.2 Å². The molecule has 1 aromatic carbocycles. The highest BCUT2D eigenvalue weighted by Gasteiger charge is 2.39. The average molecular weight is 403 g/mol. The maximum atomic E-state index is 10.9. The Morgan fingerprint density at radius 1 is 1.23 bits per heavy atom. The van der Waals surface area contributed by atoms with Crippen LogP contribution in [0.25, 0.3) is 6.08 Å². The summed E-state index contributed by atoms with van der Waals surface area (Å²) in [6.07, 6.45) is 6.90. The van der Waals surface area contributed by atoms with E-state index < -0.39 is 5.54 Å². The molecule has 3 aliphatic rings. The van der Waals surface area contributed by atoms with Crippen LogP contribution in [0.5, 0.6) is 0 Å². The van der Waals surface area contributed by atoms with Crippen LogP contribution >= 0.6 is 0 Å². The number of hydrogen-bond donors (Lipinski definition) is 4. The van der Waals surface area contributed by atoms with Crippen LogP contribution in [0.15, 0.2) is 58.5 Å². The number of aromatic amines is 1. The van der Waals surface area contributed by atoms with Crippen molar-refractivity contribution in [1.29, 1.82) is 0 Å². The molecule has 5 rings (SSSR count). The van der Waals surface area contributed by atoms with Gasteiger partial charge in [0.15, 0.2) is 0 Å². The molecule has 1 aliphatic carbocycles. The number of aliphatic hydroxyl groups is 1. The number of H-pyrrole nitrogens is 1. The van der Waals surface area contributed by atoms with Crippen LogP contribution in [-0.2, 0) is 12.0 Å². The van der Waals surface area contributed by atoms with E-state index in [-0.39, 0.29) is 5.76 Å². The minimum absolute atomic E-state index is 0.169. The Morgan fingerprint density at radius 2 is 2.03 bits per heavy atom. The lowest BCUT2D eigenvalue weighted by Gasteiger charge is -2.38. The second kappa shape index (κ2) is 6.88. The number of hydrazone groups is 1. The minimum atomic E-state index is -0.670. The molecule has 0 bridgehead atoms. The number of aromatic nitrogens is 2. The first-order chi connectivity index (χ1) is 14.5. The molecule has 7 heteroatoms. The molecule has 4 N–H and O–H groups in total. The molecule has 7 nitrogen and oxygen atoms in total. The summed E-state index contributed by atoms with van der Waals surface area (Å²) >= 11 is 0. The van der Waals surface area contributed by atoms with Gasteiger partial charge in [0.1, 0.15) is 22.8 Å². The third kappa shape index (κ3) is 2.93. The number of imidazole rings is 1. The van der Waals surface area contributed by atoms with E-state index in [0.717, 1.165) is 41.4 Å². The van der Waals surface area contributed by atoms with Crippen LogP contribution in [-0.4, -0.2) is 38.9 Å². The summed E-state index contributed by atoms with van der Waals surface area (Å²) in [4.78, 5) is 8.43. The van der Waals surface area contributed by atoms with Crippen molar-refractivity contribution < 1.29 is 5.11 Å². The molecule has 2 aromatic rings. The van der Waals surface area contributed by atoms with Gasteiger partial charge in [-0.1, -0.05) is 35.9 Å². The standard InChI is InChI=1S/C23H26N6O/c1-4-29-23(3,12-20(30)21(28-29)15-7-5-14(2)6-8-15)22-25-18-10-9-17-16(13-24-27-17)11-19(18)26-22/h5-9,11-12,24,27,30H,4,10,13H2,1-3H3,(H,25,26). The van der Waals surface area contributed by atoms with E-state index in [1.165, 1.54) is 11.1 Å². The Balaban J connectivity index is 1.53. The van der Waals surface area contributed by atoms with Gasteiger partial charge in [0.2, 0.25) is 0 Å². The molecule has 1 unspecified atom stereocenters. The molecule has 0 saturated carbocycles. The van der Waals surface area contributed by atoms with Crippen molar-refractivity contribution in [2.45, 2.75) is 32.7 Å². The monoisotopic (exact) mass is 402 g/mol. The lowest BCUT2D eigenvalue weighted by Crippen LogP contribution is -2.43. The molecule has 3 heterocycles. The Bertz CT molecular complexity index is 1120. The largest absolute Gasteiger partial charge is 0.506 e. The maximum Gasteiger partial charge on any atom is 0.142 e. The fraction of sp³-hybridized carbons (Fsp3) is 0.304. The highest BCUT2D eigenvalue weighted by Crippen LogP contribution is 2.35. The topological polar surface area (TPSA) is 88.6 Å². The van der Waals surface area contributed by atoms with Gasteiger partial charge in [-0.2, -0.15) is 5.10 Å². The van der Waals surface area contributed by atoms with Crippen molar-refractivity contribution in [3.05, 3.63) is 81.8 Å². The Morgan fingerprint density at radius 3 is 2.80 bits per heavy atom.